The maximum atomic E-state index is 13.9. The van der Waals surface area contributed by atoms with Gasteiger partial charge in [-0.25, -0.2) is 13.8 Å². The monoisotopic (exact) mass is 514 g/mol. The van der Waals surface area contributed by atoms with Crippen LogP contribution in [0.25, 0.3) is 0 Å². The lowest BCUT2D eigenvalue weighted by Gasteiger charge is -2.33. The SMILES string of the molecule is CCc1cnc(N2C=CC=C(C(C)(C)O)C2)cc1N1CC(Cl)=C(OCc2ncc(F)cc2F)C=C1C. The van der Waals surface area contributed by atoms with E-state index >= 15 is 0 Å². The molecule has 0 bridgehead atoms. The van der Waals surface area contributed by atoms with Crippen molar-refractivity contribution in [1.82, 2.24) is 9.97 Å². The largest absolute Gasteiger partial charge is 0.486 e. The second-order valence-corrected chi connectivity index (χ2v) is 9.71. The van der Waals surface area contributed by atoms with E-state index in [1.54, 1.807) is 19.9 Å². The van der Waals surface area contributed by atoms with Crippen molar-refractivity contribution in [1.29, 1.82) is 0 Å². The number of halogens is 3. The molecule has 0 unspecified atom stereocenters. The van der Waals surface area contributed by atoms with Crippen LogP contribution in [0.3, 0.4) is 0 Å². The number of hydrogen-bond donors (Lipinski definition) is 1. The number of pyridine rings is 2. The van der Waals surface area contributed by atoms with Crippen LogP contribution < -0.4 is 9.80 Å². The average Bonchev–Trinajstić information content (AvgIpc) is 2.84. The molecule has 0 aliphatic carbocycles. The molecule has 0 radical (unpaired) electrons. The van der Waals surface area contributed by atoms with Crippen LogP contribution in [0.15, 0.2) is 71.0 Å². The molecule has 190 valence electrons. The first-order valence-corrected chi connectivity index (χ1v) is 12.1. The normalized spacial score (nSPS) is 16.3. The molecule has 0 aromatic carbocycles. The van der Waals surface area contributed by atoms with Crippen LogP contribution in [0, 0.1) is 11.6 Å². The predicted molar refractivity (Wildman–Crippen MR) is 137 cm³/mol. The van der Waals surface area contributed by atoms with Crippen LogP contribution in [-0.2, 0) is 17.8 Å². The maximum Gasteiger partial charge on any atom is 0.151 e. The Hall–Kier alpha value is -3.23. The molecule has 2 aliphatic rings. The summed E-state index contributed by atoms with van der Waals surface area (Å²) in [6, 6.07) is 2.79. The second kappa shape index (κ2) is 10.4. The van der Waals surface area contributed by atoms with Crippen molar-refractivity contribution in [3.63, 3.8) is 0 Å². The molecule has 0 amide bonds. The van der Waals surface area contributed by atoms with E-state index in [4.69, 9.17) is 16.3 Å². The Morgan fingerprint density at radius 2 is 1.94 bits per heavy atom. The Bertz CT molecular complexity index is 1280. The highest BCUT2D eigenvalue weighted by Crippen LogP contribution is 2.34. The van der Waals surface area contributed by atoms with E-state index in [-0.39, 0.29) is 12.3 Å². The van der Waals surface area contributed by atoms with Crippen molar-refractivity contribution in [3.05, 3.63) is 93.9 Å². The van der Waals surface area contributed by atoms with Gasteiger partial charge in [0.25, 0.3) is 0 Å². The number of rotatable bonds is 7. The zero-order valence-corrected chi connectivity index (χ0v) is 21.5. The minimum atomic E-state index is -0.928. The predicted octanol–water partition coefficient (Wildman–Crippen LogP) is 5.74. The van der Waals surface area contributed by atoms with Gasteiger partial charge in [0.05, 0.1) is 23.4 Å². The van der Waals surface area contributed by atoms with E-state index in [1.807, 2.05) is 42.4 Å². The topological polar surface area (TPSA) is 61.7 Å². The van der Waals surface area contributed by atoms with E-state index in [2.05, 4.69) is 21.8 Å². The molecule has 4 heterocycles. The summed E-state index contributed by atoms with van der Waals surface area (Å²) in [6.07, 6.45) is 11.1. The molecule has 36 heavy (non-hydrogen) atoms. The number of allylic oxidation sites excluding steroid dienone is 4. The van der Waals surface area contributed by atoms with Gasteiger partial charge >= 0.3 is 0 Å². The Kier molecular flexibility index (Phi) is 7.47. The zero-order valence-electron chi connectivity index (χ0n) is 20.7. The van der Waals surface area contributed by atoms with Crippen molar-refractivity contribution in [2.45, 2.75) is 46.3 Å². The van der Waals surface area contributed by atoms with Gasteiger partial charge in [-0.1, -0.05) is 24.6 Å². The van der Waals surface area contributed by atoms with Gasteiger partial charge in [0, 0.05) is 48.5 Å². The van der Waals surface area contributed by atoms with Crippen LogP contribution >= 0.6 is 11.6 Å². The zero-order chi connectivity index (χ0) is 26.0. The number of aliphatic hydroxyl groups is 1. The molecule has 0 atom stereocenters. The van der Waals surface area contributed by atoms with Crippen LogP contribution in [0.2, 0.25) is 0 Å². The summed E-state index contributed by atoms with van der Waals surface area (Å²) >= 11 is 6.60. The lowest BCUT2D eigenvalue weighted by molar-refractivity contribution is 0.118. The summed E-state index contributed by atoms with van der Waals surface area (Å²) in [5.41, 5.74) is 2.87. The summed E-state index contributed by atoms with van der Waals surface area (Å²) < 4.78 is 32.8. The fourth-order valence-electron chi connectivity index (χ4n) is 4.03. The van der Waals surface area contributed by atoms with Gasteiger partial charge in [-0.3, -0.25) is 4.98 Å². The molecular formula is C27H29ClF2N4O2. The van der Waals surface area contributed by atoms with Crippen molar-refractivity contribution in [2.75, 3.05) is 22.9 Å². The molecule has 0 saturated heterocycles. The van der Waals surface area contributed by atoms with Crippen molar-refractivity contribution in [3.8, 4) is 0 Å². The molecule has 4 rings (SSSR count). The van der Waals surface area contributed by atoms with Crippen LogP contribution in [0.1, 0.15) is 39.0 Å². The van der Waals surface area contributed by atoms with E-state index in [0.29, 0.717) is 23.9 Å². The number of aromatic nitrogens is 2. The highest BCUT2D eigenvalue weighted by molar-refractivity contribution is 6.30. The molecule has 2 aromatic rings. The number of anilines is 2. The molecule has 0 saturated carbocycles. The third kappa shape index (κ3) is 5.60. The van der Waals surface area contributed by atoms with Crippen molar-refractivity contribution < 1.29 is 18.6 Å². The fraction of sp³-hybridized carbons (Fsp3) is 0.333. The van der Waals surface area contributed by atoms with E-state index < -0.39 is 17.2 Å². The van der Waals surface area contributed by atoms with Gasteiger partial charge < -0.3 is 19.6 Å². The summed E-state index contributed by atoms with van der Waals surface area (Å²) in [5, 5.41) is 10.9. The average molecular weight is 515 g/mol. The lowest BCUT2D eigenvalue weighted by Crippen LogP contribution is -2.33. The lowest BCUT2D eigenvalue weighted by atomic mass is 9.96. The first kappa shape index (κ1) is 25.9. The maximum absolute atomic E-state index is 13.9. The van der Waals surface area contributed by atoms with Gasteiger partial charge in [-0.15, -0.1) is 0 Å². The Balaban J connectivity index is 1.55. The molecular weight excluding hydrogens is 486 g/mol. The highest BCUT2D eigenvalue weighted by Gasteiger charge is 2.26. The Morgan fingerprint density at radius 1 is 1.17 bits per heavy atom. The summed E-state index contributed by atoms with van der Waals surface area (Å²) in [6.45, 7) is 8.27. The summed E-state index contributed by atoms with van der Waals surface area (Å²) in [4.78, 5) is 12.5. The molecule has 9 heteroatoms. The number of aryl methyl sites for hydroxylation is 1. The van der Waals surface area contributed by atoms with Gasteiger partial charge in [-0.05, 0) is 44.4 Å². The van der Waals surface area contributed by atoms with E-state index in [1.165, 1.54) is 0 Å². The standard InChI is InChI=1S/C27H29ClF2N4O2/c1-5-18-12-32-26(33-8-6-7-19(14-33)27(3,4)35)11-24(18)34-15-21(28)25(9-17(34)2)36-16-23-22(30)10-20(29)13-31-23/h6-13,35H,5,14-16H2,1-4H3. The molecule has 0 spiro atoms. The van der Waals surface area contributed by atoms with Crippen LogP contribution in [0.5, 0.6) is 0 Å². The number of nitrogens with zero attached hydrogens (tertiary/aromatic N) is 4. The highest BCUT2D eigenvalue weighted by atomic mass is 35.5. The van der Waals surface area contributed by atoms with Crippen molar-refractivity contribution >= 4 is 23.1 Å². The van der Waals surface area contributed by atoms with E-state index in [9.17, 15) is 13.9 Å². The Morgan fingerprint density at radius 3 is 2.64 bits per heavy atom. The Labute approximate surface area is 214 Å². The first-order chi connectivity index (χ1) is 17.1. The number of hydrogen-bond acceptors (Lipinski definition) is 6. The van der Waals surface area contributed by atoms with Gasteiger partial charge in [0.1, 0.15) is 29.7 Å². The molecule has 0 fully saturated rings. The second-order valence-electron chi connectivity index (χ2n) is 9.26. The fourth-order valence-corrected chi connectivity index (χ4v) is 4.26. The third-order valence-electron chi connectivity index (χ3n) is 6.18. The molecule has 1 N–H and O–H groups in total. The van der Waals surface area contributed by atoms with E-state index in [0.717, 1.165) is 47.0 Å². The van der Waals surface area contributed by atoms with Crippen molar-refractivity contribution in [2.24, 2.45) is 0 Å². The van der Waals surface area contributed by atoms with Gasteiger partial charge in [0.15, 0.2) is 5.82 Å². The number of ether oxygens (including phenoxy) is 1. The molecule has 2 aromatic heterocycles. The first-order valence-electron chi connectivity index (χ1n) is 11.7. The summed E-state index contributed by atoms with van der Waals surface area (Å²) in [7, 11) is 0. The minimum absolute atomic E-state index is 0.00274. The minimum Gasteiger partial charge on any atom is -0.486 e. The van der Waals surface area contributed by atoms with Crippen LogP contribution in [0.4, 0.5) is 20.3 Å². The third-order valence-corrected chi connectivity index (χ3v) is 6.49. The quantitative estimate of drug-likeness (QED) is 0.508. The smallest absolute Gasteiger partial charge is 0.151 e. The van der Waals surface area contributed by atoms with Gasteiger partial charge in [-0.2, -0.15) is 0 Å². The van der Waals surface area contributed by atoms with Crippen LogP contribution in [-0.4, -0.2) is 33.8 Å². The summed E-state index contributed by atoms with van der Waals surface area (Å²) in [5.74, 6) is -0.340. The molecule has 2 aliphatic heterocycles. The van der Waals surface area contributed by atoms with Gasteiger partial charge in [0.2, 0.25) is 0 Å². The molecule has 6 nitrogen and oxygen atoms in total.